The first-order valence-corrected chi connectivity index (χ1v) is 6.01. The molecule has 0 saturated heterocycles. The van der Waals surface area contributed by atoms with Crippen molar-refractivity contribution in [3.05, 3.63) is 33.4 Å². The second-order valence-corrected chi connectivity index (χ2v) is 4.98. The molecule has 4 heteroatoms. The van der Waals surface area contributed by atoms with Gasteiger partial charge in [-0.25, -0.2) is 0 Å². The van der Waals surface area contributed by atoms with Gasteiger partial charge in [-0.3, -0.25) is 10.1 Å². The summed E-state index contributed by atoms with van der Waals surface area (Å²) in [5.41, 5.74) is 2.88. The Hall–Kier alpha value is -1.58. The molecule has 1 aromatic carbocycles. The van der Waals surface area contributed by atoms with Gasteiger partial charge in [-0.2, -0.15) is 0 Å². The Balaban J connectivity index is 2.29. The van der Waals surface area contributed by atoms with E-state index in [-0.39, 0.29) is 10.6 Å². The standard InChI is InChI=1S/C13H18N2O2/c1-8-6-12(14-10(3)11-4-5-11)13(15(16)17)7-9(8)2/h6-7,10-11,14H,4-5H2,1-3H3. The van der Waals surface area contributed by atoms with E-state index >= 15 is 0 Å². The largest absolute Gasteiger partial charge is 0.377 e. The van der Waals surface area contributed by atoms with Crippen molar-refractivity contribution in [1.82, 2.24) is 0 Å². The lowest BCUT2D eigenvalue weighted by molar-refractivity contribution is -0.384. The molecule has 0 aliphatic heterocycles. The topological polar surface area (TPSA) is 55.2 Å². The van der Waals surface area contributed by atoms with E-state index in [4.69, 9.17) is 0 Å². The Kier molecular flexibility index (Phi) is 3.05. The smallest absolute Gasteiger partial charge is 0.292 e. The number of hydrogen-bond acceptors (Lipinski definition) is 3. The molecule has 1 fully saturated rings. The second kappa shape index (κ2) is 4.35. The zero-order chi connectivity index (χ0) is 12.6. The van der Waals surface area contributed by atoms with Gasteiger partial charge < -0.3 is 5.32 Å². The molecule has 0 amide bonds. The average Bonchev–Trinajstić information content (AvgIpc) is 3.06. The highest BCUT2D eigenvalue weighted by Crippen LogP contribution is 2.36. The van der Waals surface area contributed by atoms with Crippen LogP contribution in [0, 0.1) is 29.9 Å². The maximum Gasteiger partial charge on any atom is 0.292 e. The molecule has 0 aromatic heterocycles. The van der Waals surface area contributed by atoms with Crippen LogP contribution in [-0.2, 0) is 0 Å². The van der Waals surface area contributed by atoms with Crippen LogP contribution in [0.1, 0.15) is 30.9 Å². The minimum Gasteiger partial charge on any atom is -0.377 e. The highest BCUT2D eigenvalue weighted by atomic mass is 16.6. The minimum absolute atomic E-state index is 0.181. The first kappa shape index (κ1) is 11.9. The molecule has 1 atom stereocenters. The summed E-state index contributed by atoms with van der Waals surface area (Å²) in [6.45, 7) is 5.97. The summed E-state index contributed by atoms with van der Waals surface area (Å²) < 4.78 is 0. The molecule has 17 heavy (non-hydrogen) atoms. The summed E-state index contributed by atoms with van der Waals surface area (Å²) in [6, 6.07) is 3.85. The fourth-order valence-corrected chi connectivity index (χ4v) is 2.03. The van der Waals surface area contributed by atoms with Crippen LogP contribution in [0.5, 0.6) is 0 Å². The van der Waals surface area contributed by atoms with Crippen LogP contribution in [0.25, 0.3) is 0 Å². The summed E-state index contributed by atoms with van der Waals surface area (Å²) in [5.74, 6) is 0.677. The van der Waals surface area contributed by atoms with Crippen molar-refractivity contribution in [1.29, 1.82) is 0 Å². The Bertz CT molecular complexity index is 453. The Morgan fingerprint density at radius 3 is 2.47 bits per heavy atom. The zero-order valence-electron chi connectivity index (χ0n) is 10.5. The van der Waals surface area contributed by atoms with E-state index in [1.165, 1.54) is 12.8 Å². The number of nitrogens with one attached hydrogen (secondary N) is 1. The molecule has 1 aromatic rings. The molecule has 2 rings (SSSR count). The molecule has 1 unspecified atom stereocenters. The lowest BCUT2D eigenvalue weighted by atomic mass is 10.1. The van der Waals surface area contributed by atoms with Crippen molar-refractivity contribution < 1.29 is 4.92 Å². The van der Waals surface area contributed by atoms with Crippen LogP contribution < -0.4 is 5.32 Å². The maximum absolute atomic E-state index is 11.0. The van der Waals surface area contributed by atoms with E-state index < -0.39 is 0 Å². The van der Waals surface area contributed by atoms with Crippen molar-refractivity contribution >= 4 is 11.4 Å². The summed E-state index contributed by atoms with van der Waals surface area (Å²) in [7, 11) is 0. The molecule has 0 heterocycles. The van der Waals surface area contributed by atoms with Gasteiger partial charge in [-0.15, -0.1) is 0 Å². The number of aryl methyl sites for hydroxylation is 2. The number of hydrogen-bond donors (Lipinski definition) is 1. The summed E-state index contributed by atoms with van der Waals surface area (Å²) in [6.07, 6.45) is 2.46. The second-order valence-electron chi connectivity index (χ2n) is 4.98. The number of nitro groups is 1. The van der Waals surface area contributed by atoms with Crippen LogP contribution in [0.2, 0.25) is 0 Å². The average molecular weight is 234 g/mol. The zero-order valence-corrected chi connectivity index (χ0v) is 10.5. The van der Waals surface area contributed by atoms with E-state index in [1.54, 1.807) is 6.07 Å². The van der Waals surface area contributed by atoms with Gasteiger partial charge in [0.05, 0.1) is 4.92 Å². The van der Waals surface area contributed by atoms with E-state index in [0.717, 1.165) is 11.1 Å². The summed E-state index contributed by atoms with van der Waals surface area (Å²) >= 11 is 0. The number of nitrogens with zero attached hydrogens (tertiary/aromatic N) is 1. The van der Waals surface area contributed by atoms with Gasteiger partial charge in [-0.05, 0) is 56.7 Å². The third kappa shape index (κ3) is 2.57. The van der Waals surface area contributed by atoms with Crippen molar-refractivity contribution in [2.75, 3.05) is 5.32 Å². The van der Waals surface area contributed by atoms with Crippen molar-refractivity contribution in [3.63, 3.8) is 0 Å². The predicted molar refractivity (Wildman–Crippen MR) is 68.4 cm³/mol. The van der Waals surface area contributed by atoms with Gasteiger partial charge in [0.1, 0.15) is 5.69 Å². The molecule has 1 N–H and O–H groups in total. The van der Waals surface area contributed by atoms with Gasteiger partial charge >= 0.3 is 0 Å². The lowest BCUT2D eigenvalue weighted by Gasteiger charge is -2.15. The monoisotopic (exact) mass is 234 g/mol. The predicted octanol–water partition coefficient (Wildman–Crippen LogP) is 3.42. The number of anilines is 1. The van der Waals surface area contributed by atoms with Crippen molar-refractivity contribution in [2.45, 2.75) is 39.7 Å². The SMILES string of the molecule is Cc1cc(NC(C)C2CC2)c([N+](=O)[O-])cc1C. The van der Waals surface area contributed by atoms with E-state index in [0.29, 0.717) is 17.6 Å². The van der Waals surface area contributed by atoms with Crippen molar-refractivity contribution in [3.8, 4) is 0 Å². The highest BCUT2D eigenvalue weighted by molar-refractivity contribution is 5.65. The molecular formula is C13H18N2O2. The summed E-state index contributed by atoms with van der Waals surface area (Å²) in [4.78, 5) is 10.7. The molecule has 92 valence electrons. The number of nitro benzene ring substituents is 1. The maximum atomic E-state index is 11.0. The molecule has 1 aliphatic rings. The molecule has 1 aliphatic carbocycles. The van der Waals surface area contributed by atoms with Gasteiger partial charge in [0, 0.05) is 12.1 Å². The molecule has 1 saturated carbocycles. The van der Waals surface area contributed by atoms with Crippen LogP contribution in [0.3, 0.4) is 0 Å². The van der Waals surface area contributed by atoms with E-state index in [2.05, 4.69) is 12.2 Å². The van der Waals surface area contributed by atoms with E-state index in [9.17, 15) is 10.1 Å². The fourth-order valence-electron chi connectivity index (χ4n) is 2.03. The summed E-state index contributed by atoms with van der Waals surface area (Å²) in [5, 5.41) is 14.3. The van der Waals surface area contributed by atoms with Gasteiger partial charge in [0.2, 0.25) is 0 Å². The quantitative estimate of drug-likeness (QED) is 0.641. The number of benzene rings is 1. The van der Waals surface area contributed by atoms with Gasteiger partial charge in [-0.1, -0.05) is 0 Å². The molecule has 0 radical (unpaired) electrons. The van der Waals surface area contributed by atoms with Crippen molar-refractivity contribution in [2.24, 2.45) is 5.92 Å². The van der Waals surface area contributed by atoms with Gasteiger partial charge in [0.15, 0.2) is 0 Å². The van der Waals surface area contributed by atoms with Gasteiger partial charge in [0.25, 0.3) is 5.69 Å². The highest BCUT2D eigenvalue weighted by Gasteiger charge is 2.29. The fraction of sp³-hybridized carbons (Fsp3) is 0.538. The number of rotatable bonds is 4. The Morgan fingerprint density at radius 2 is 1.94 bits per heavy atom. The third-order valence-corrected chi connectivity index (χ3v) is 3.52. The molecule has 0 spiro atoms. The molecule has 0 bridgehead atoms. The van der Waals surface area contributed by atoms with Crippen LogP contribution in [0.15, 0.2) is 12.1 Å². The molecular weight excluding hydrogens is 216 g/mol. The third-order valence-electron chi connectivity index (χ3n) is 3.52. The lowest BCUT2D eigenvalue weighted by Crippen LogP contribution is -2.18. The van der Waals surface area contributed by atoms with Crippen LogP contribution in [0.4, 0.5) is 11.4 Å². The first-order chi connectivity index (χ1) is 7.99. The normalized spacial score (nSPS) is 16.6. The van der Waals surface area contributed by atoms with E-state index in [1.807, 2.05) is 19.9 Å². The Labute approximate surface area is 101 Å². The molecule has 4 nitrogen and oxygen atoms in total. The van der Waals surface area contributed by atoms with Crippen LogP contribution in [-0.4, -0.2) is 11.0 Å². The van der Waals surface area contributed by atoms with Crippen LogP contribution >= 0.6 is 0 Å². The Morgan fingerprint density at radius 1 is 1.35 bits per heavy atom. The first-order valence-electron chi connectivity index (χ1n) is 6.01. The minimum atomic E-state index is -0.311.